The molecule has 136 valence electrons. The fourth-order valence-electron chi connectivity index (χ4n) is 3.53. The third-order valence-corrected chi connectivity index (χ3v) is 5.87. The van der Waals surface area contributed by atoms with Crippen LogP contribution in [0.15, 0.2) is 40.4 Å². The Morgan fingerprint density at radius 2 is 1.85 bits per heavy atom. The van der Waals surface area contributed by atoms with E-state index in [2.05, 4.69) is 15.2 Å². The number of hydrogen-bond acceptors (Lipinski definition) is 5. The molecule has 1 fully saturated rings. The van der Waals surface area contributed by atoms with E-state index >= 15 is 0 Å². The first kappa shape index (κ1) is 17.1. The van der Waals surface area contributed by atoms with Gasteiger partial charge in [-0.3, -0.25) is 14.2 Å². The number of para-hydroxylation sites is 2. The smallest absolute Gasteiger partial charge is 0.267 e. The van der Waals surface area contributed by atoms with Gasteiger partial charge in [-0.2, -0.15) is 0 Å². The average Bonchev–Trinajstić information content (AvgIpc) is 2.98. The summed E-state index contributed by atoms with van der Waals surface area (Å²) in [5.74, 6) is 0.433. The maximum Gasteiger partial charge on any atom is 0.267 e. The van der Waals surface area contributed by atoms with E-state index in [0.717, 1.165) is 43.1 Å². The van der Waals surface area contributed by atoms with Gasteiger partial charge < -0.3 is 10.2 Å². The molecule has 6 nitrogen and oxygen atoms in total. The van der Waals surface area contributed by atoms with Crippen LogP contribution >= 0.6 is 11.8 Å². The lowest BCUT2D eigenvalue weighted by Crippen LogP contribution is -2.30. The van der Waals surface area contributed by atoms with E-state index in [9.17, 15) is 9.59 Å². The van der Waals surface area contributed by atoms with Crippen LogP contribution in [0, 0.1) is 0 Å². The highest BCUT2D eigenvalue weighted by Gasteiger charge is 2.21. The average molecular weight is 370 g/mol. The molecule has 1 saturated heterocycles. The van der Waals surface area contributed by atoms with Crippen LogP contribution < -0.4 is 15.8 Å². The van der Waals surface area contributed by atoms with Crippen molar-refractivity contribution in [3.63, 3.8) is 0 Å². The molecule has 4 rings (SSSR count). The quantitative estimate of drug-likeness (QED) is 0.842. The van der Waals surface area contributed by atoms with Crippen LogP contribution in [-0.2, 0) is 6.54 Å². The number of fused-ring (bicyclic) bond motifs is 1. The van der Waals surface area contributed by atoms with E-state index in [-0.39, 0.29) is 11.1 Å². The van der Waals surface area contributed by atoms with Crippen LogP contribution in [0.1, 0.15) is 36.0 Å². The van der Waals surface area contributed by atoms with Gasteiger partial charge in [-0.25, -0.2) is 4.98 Å². The topological polar surface area (TPSA) is 67.2 Å². The highest BCUT2D eigenvalue weighted by molar-refractivity contribution is 7.99. The SMILES string of the molecule is O=C(Nc1ccccc1N1CCCCCC1)c1cnc2n(c1=O)CCS2. The molecule has 0 aliphatic carbocycles. The Kier molecular flexibility index (Phi) is 4.97. The van der Waals surface area contributed by atoms with Crippen molar-refractivity contribution in [3.8, 4) is 0 Å². The Balaban J connectivity index is 1.60. The first-order valence-corrected chi connectivity index (χ1v) is 10.1. The summed E-state index contributed by atoms with van der Waals surface area (Å²) in [6.45, 7) is 2.59. The minimum absolute atomic E-state index is 0.0990. The zero-order valence-electron chi connectivity index (χ0n) is 14.6. The molecule has 1 aromatic heterocycles. The van der Waals surface area contributed by atoms with Crippen molar-refractivity contribution in [3.05, 3.63) is 46.4 Å². The number of thioether (sulfide) groups is 1. The van der Waals surface area contributed by atoms with Crippen LogP contribution in [-0.4, -0.2) is 34.3 Å². The maximum atomic E-state index is 12.7. The van der Waals surface area contributed by atoms with E-state index < -0.39 is 5.91 Å². The fourth-order valence-corrected chi connectivity index (χ4v) is 4.44. The molecule has 1 amide bonds. The van der Waals surface area contributed by atoms with Crippen LogP contribution in [0.3, 0.4) is 0 Å². The zero-order valence-corrected chi connectivity index (χ0v) is 15.4. The summed E-state index contributed by atoms with van der Waals surface area (Å²) in [6.07, 6.45) is 6.23. The van der Waals surface area contributed by atoms with Gasteiger partial charge in [0.05, 0.1) is 11.4 Å². The monoisotopic (exact) mass is 370 g/mol. The predicted octanol–water partition coefficient (Wildman–Crippen LogP) is 2.98. The number of amides is 1. The molecule has 2 aromatic rings. The Hall–Kier alpha value is -2.28. The lowest BCUT2D eigenvalue weighted by molar-refractivity contribution is 0.102. The molecule has 3 heterocycles. The summed E-state index contributed by atoms with van der Waals surface area (Å²) in [5.41, 5.74) is 1.61. The summed E-state index contributed by atoms with van der Waals surface area (Å²) in [6, 6.07) is 7.82. The summed E-state index contributed by atoms with van der Waals surface area (Å²) in [7, 11) is 0. The van der Waals surface area contributed by atoms with Gasteiger partial charge in [0.15, 0.2) is 5.16 Å². The van der Waals surface area contributed by atoms with Gasteiger partial charge in [0.2, 0.25) is 0 Å². The molecule has 2 aliphatic heterocycles. The van der Waals surface area contributed by atoms with E-state index in [1.54, 1.807) is 16.3 Å². The van der Waals surface area contributed by atoms with E-state index in [4.69, 9.17) is 0 Å². The molecule has 1 N–H and O–H groups in total. The lowest BCUT2D eigenvalue weighted by atomic mass is 10.2. The Morgan fingerprint density at radius 1 is 1.08 bits per heavy atom. The normalized spacial score (nSPS) is 16.8. The Morgan fingerprint density at radius 3 is 2.65 bits per heavy atom. The molecule has 7 heteroatoms. The van der Waals surface area contributed by atoms with Crippen molar-refractivity contribution in [2.45, 2.75) is 37.4 Å². The number of anilines is 2. The largest absolute Gasteiger partial charge is 0.370 e. The van der Waals surface area contributed by atoms with Crippen molar-refractivity contribution < 1.29 is 4.79 Å². The molecular weight excluding hydrogens is 348 g/mol. The number of hydrogen-bond donors (Lipinski definition) is 1. The zero-order chi connectivity index (χ0) is 17.9. The van der Waals surface area contributed by atoms with Crippen molar-refractivity contribution in [2.75, 3.05) is 29.1 Å². The van der Waals surface area contributed by atoms with Crippen molar-refractivity contribution >= 4 is 29.0 Å². The number of carbonyl (C=O) groups is 1. The third-order valence-electron chi connectivity index (χ3n) is 4.90. The lowest BCUT2D eigenvalue weighted by Gasteiger charge is -2.25. The third kappa shape index (κ3) is 3.35. The van der Waals surface area contributed by atoms with E-state index in [1.807, 2.05) is 24.3 Å². The van der Waals surface area contributed by atoms with Crippen LogP contribution in [0.25, 0.3) is 0 Å². The Bertz CT molecular complexity index is 872. The molecule has 0 saturated carbocycles. The summed E-state index contributed by atoms with van der Waals surface area (Å²) < 4.78 is 1.58. The molecule has 2 aliphatic rings. The minimum atomic E-state index is -0.392. The van der Waals surface area contributed by atoms with Gasteiger partial charge in [-0.1, -0.05) is 36.7 Å². The molecule has 26 heavy (non-hydrogen) atoms. The van der Waals surface area contributed by atoms with Gasteiger partial charge in [0.1, 0.15) is 5.56 Å². The van der Waals surface area contributed by atoms with Crippen LogP contribution in [0.2, 0.25) is 0 Å². The van der Waals surface area contributed by atoms with Crippen molar-refractivity contribution in [2.24, 2.45) is 0 Å². The molecule has 0 spiro atoms. The number of carbonyl (C=O) groups excluding carboxylic acids is 1. The van der Waals surface area contributed by atoms with Gasteiger partial charge >= 0.3 is 0 Å². The van der Waals surface area contributed by atoms with Gasteiger partial charge in [-0.15, -0.1) is 0 Å². The predicted molar refractivity (Wildman–Crippen MR) is 104 cm³/mol. The highest BCUT2D eigenvalue weighted by Crippen LogP contribution is 2.28. The van der Waals surface area contributed by atoms with Gasteiger partial charge in [0, 0.05) is 31.6 Å². The van der Waals surface area contributed by atoms with Gasteiger partial charge in [-0.05, 0) is 25.0 Å². The highest BCUT2D eigenvalue weighted by atomic mass is 32.2. The second-order valence-electron chi connectivity index (χ2n) is 6.63. The van der Waals surface area contributed by atoms with Crippen LogP contribution in [0.5, 0.6) is 0 Å². The fraction of sp³-hybridized carbons (Fsp3) is 0.421. The molecule has 0 unspecified atom stereocenters. The first-order chi connectivity index (χ1) is 12.7. The van der Waals surface area contributed by atoms with Crippen molar-refractivity contribution in [1.82, 2.24) is 9.55 Å². The molecule has 0 bridgehead atoms. The standard InChI is InChI=1S/C19H22N4O2S/c24-17(14-13-20-19-23(18(14)25)11-12-26-19)21-15-7-3-4-8-16(15)22-9-5-1-2-6-10-22/h3-4,7-8,13H,1-2,5-6,9-12H2,(H,21,24). The number of benzene rings is 1. The maximum absolute atomic E-state index is 12.7. The molecule has 1 aromatic carbocycles. The Labute approximate surface area is 156 Å². The number of rotatable bonds is 3. The van der Waals surface area contributed by atoms with E-state index in [0.29, 0.717) is 11.7 Å². The molecule has 0 radical (unpaired) electrons. The summed E-state index contributed by atoms with van der Waals surface area (Å²) >= 11 is 1.54. The second kappa shape index (κ2) is 7.53. The minimum Gasteiger partial charge on any atom is -0.370 e. The first-order valence-electron chi connectivity index (χ1n) is 9.12. The molecule has 0 atom stereocenters. The number of aromatic nitrogens is 2. The second-order valence-corrected chi connectivity index (χ2v) is 7.69. The van der Waals surface area contributed by atoms with Crippen molar-refractivity contribution in [1.29, 1.82) is 0 Å². The van der Waals surface area contributed by atoms with Gasteiger partial charge in [0.25, 0.3) is 11.5 Å². The number of nitrogens with one attached hydrogen (secondary N) is 1. The summed E-state index contributed by atoms with van der Waals surface area (Å²) in [5, 5.41) is 3.63. The number of nitrogens with zero attached hydrogens (tertiary/aromatic N) is 3. The van der Waals surface area contributed by atoms with E-state index in [1.165, 1.54) is 19.0 Å². The summed E-state index contributed by atoms with van der Waals surface area (Å²) in [4.78, 5) is 31.9. The van der Waals surface area contributed by atoms with Crippen LogP contribution in [0.4, 0.5) is 11.4 Å². The molecular formula is C19H22N4O2S.